The van der Waals surface area contributed by atoms with Crippen LogP contribution in [0, 0.1) is 5.92 Å². The number of thiazole rings is 1. The van der Waals surface area contributed by atoms with Crippen LogP contribution in [0.15, 0.2) is 35.8 Å². The van der Waals surface area contributed by atoms with Gasteiger partial charge in [-0.05, 0) is 18.9 Å². The van der Waals surface area contributed by atoms with Crippen LogP contribution < -0.4 is 10.1 Å². The number of likely N-dealkylation sites (tertiary alicyclic amines) is 1. The molecule has 7 heteroatoms. The monoisotopic (exact) mass is 359 g/mol. The fourth-order valence-electron chi connectivity index (χ4n) is 3.03. The van der Waals surface area contributed by atoms with Gasteiger partial charge >= 0.3 is 0 Å². The van der Waals surface area contributed by atoms with E-state index in [0.717, 1.165) is 18.4 Å². The number of hydrogen-bond donors (Lipinski definition) is 1. The number of rotatable bonds is 5. The molecule has 6 nitrogen and oxygen atoms in total. The number of piperidine rings is 1. The highest BCUT2D eigenvalue weighted by molar-refractivity contribution is 7.13. The largest absolute Gasteiger partial charge is 0.496 e. The summed E-state index contributed by atoms with van der Waals surface area (Å²) in [5.74, 6) is 0.478. The van der Waals surface area contributed by atoms with Crippen LogP contribution in [0.1, 0.15) is 18.4 Å². The molecule has 25 heavy (non-hydrogen) atoms. The average molecular weight is 359 g/mol. The minimum atomic E-state index is -0.195. The van der Waals surface area contributed by atoms with Crippen molar-refractivity contribution in [3.63, 3.8) is 0 Å². The van der Waals surface area contributed by atoms with Gasteiger partial charge in [0.05, 0.1) is 19.4 Å². The van der Waals surface area contributed by atoms with E-state index in [0.29, 0.717) is 24.0 Å². The number of aromatic nitrogens is 1. The molecule has 1 atom stereocenters. The average Bonchev–Trinajstić information content (AvgIpc) is 3.15. The van der Waals surface area contributed by atoms with E-state index in [4.69, 9.17) is 4.74 Å². The van der Waals surface area contributed by atoms with E-state index in [1.54, 1.807) is 18.2 Å². The van der Waals surface area contributed by atoms with Crippen molar-refractivity contribution in [3.8, 4) is 5.75 Å². The number of anilines is 1. The van der Waals surface area contributed by atoms with Crippen molar-refractivity contribution in [1.29, 1.82) is 0 Å². The van der Waals surface area contributed by atoms with Crippen molar-refractivity contribution in [2.45, 2.75) is 19.3 Å². The van der Waals surface area contributed by atoms with E-state index in [2.05, 4.69) is 10.3 Å². The maximum absolute atomic E-state index is 12.6. The van der Waals surface area contributed by atoms with Gasteiger partial charge in [0.2, 0.25) is 11.8 Å². The number of ether oxygens (including phenoxy) is 1. The zero-order valence-corrected chi connectivity index (χ0v) is 14.9. The minimum absolute atomic E-state index is 0.0243. The van der Waals surface area contributed by atoms with E-state index >= 15 is 0 Å². The second-order valence-corrected chi connectivity index (χ2v) is 6.89. The standard InChI is InChI=1S/C18H21N3O3S/c1-24-15-7-3-2-5-13(15)11-16(22)21-9-4-6-14(12-21)17(23)20-18-19-8-10-25-18/h2-3,5,7-8,10,14H,4,6,9,11-12H2,1H3,(H,19,20,23). The van der Waals surface area contributed by atoms with Crippen LogP contribution in [0.4, 0.5) is 5.13 Å². The summed E-state index contributed by atoms with van der Waals surface area (Å²) in [6, 6.07) is 7.52. The molecule has 2 heterocycles. The maximum Gasteiger partial charge on any atom is 0.231 e. The van der Waals surface area contributed by atoms with E-state index < -0.39 is 0 Å². The van der Waals surface area contributed by atoms with Crippen LogP contribution in [0.25, 0.3) is 0 Å². The van der Waals surface area contributed by atoms with Gasteiger partial charge in [-0.2, -0.15) is 0 Å². The minimum Gasteiger partial charge on any atom is -0.496 e. The third-order valence-corrected chi connectivity index (χ3v) is 5.03. The summed E-state index contributed by atoms with van der Waals surface area (Å²) in [7, 11) is 1.60. The Morgan fingerprint density at radius 1 is 1.40 bits per heavy atom. The van der Waals surface area contributed by atoms with Crippen molar-refractivity contribution < 1.29 is 14.3 Å². The summed E-state index contributed by atoms with van der Waals surface area (Å²) in [6.45, 7) is 1.14. The van der Waals surface area contributed by atoms with Crippen molar-refractivity contribution in [3.05, 3.63) is 41.4 Å². The zero-order chi connectivity index (χ0) is 17.6. The number of nitrogens with zero attached hydrogens (tertiary/aromatic N) is 2. The topological polar surface area (TPSA) is 71.5 Å². The smallest absolute Gasteiger partial charge is 0.231 e. The molecule has 1 unspecified atom stereocenters. The van der Waals surface area contributed by atoms with Gasteiger partial charge < -0.3 is 15.0 Å². The summed E-state index contributed by atoms with van der Waals surface area (Å²) in [5, 5.41) is 5.25. The highest BCUT2D eigenvalue weighted by atomic mass is 32.1. The van der Waals surface area contributed by atoms with Crippen molar-refractivity contribution >= 4 is 28.3 Å². The van der Waals surface area contributed by atoms with Crippen LogP contribution in [0.5, 0.6) is 5.75 Å². The Bertz CT molecular complexity index is 733. The third-order valence-electron chi connectivity index (χ3n) is 4.34. The van der Waals surface area contributed by atoms with E-state index in [-0.39, 0.29) is 24.2 Å². The molecular formula is C18H21N3O3S. The maximum atomic E-state index is 12.6. The molecule has 1 saturated heterocycles. The first kappa shape index (κ1) is 17.4. The van der Waals surface area contributed by atoms with E-state index in [1.165, 1.54) is 11.3 Å². The first-order valence-corrected chi connectivity index (χ1v) is 9.15. The molecule has 1 aliphatic rings. The molecule has 2 aromatic rings. The first-order chi connectivity index (χ1) is 12.2. The van der Waals surface area contributed by atoms with Crippen molar-refractivity contribution in [1.82, 2.24) is 9.88 Å². The van der Waals surface area contributed by atoms with E-state index in [1.807, 2.05) is 29.6 Å². The number of carbonyl (C=O) groups excluding carboxylic acids is 2. The molecule has 0 aliphatic carbocycles. The predicted molar refractivity (Wildman–Crippen MR) is 96.7 cm³/mol. The summed E-state index contributed by atoms with van der Waals surface area (Å²) in [6.07, 6.45) is 3.55. The Morgan fingerprint density at radius 2 is 2.24 bits per heavy atom. The Balaban J connectivity index is 1.60. The van der Waals surface area contributed by atoms with Gasteiger partial charge in [-0.3, -0.25) is 9.59 Å². The zero-order valence-electron chi connectivity index (χ0n) is 14.1. The number of carbonyl (C=O) groups is 2. The molecule has 1 N–H and O–H groups in total. The van der Waals surface area contributed by atoms with Gasteiger partial charge in [0, 0.05) is 30.2 Å². The molecule has 1 aromatic carbocycles. The number of nitrogens with one attached hydrogen (secondary N) is 1. The SMILES string of the molecule is COc1ccccc1CC(=O)N1CCCC(C(=O)Nc2nccs2)C1. The lowest BCUT2D eigenvalue weighted by Gasteiger charge is -2.32. The van der Waals surface area contributed by atoms with Crippen LogP contribution in [0.3, 0.4) is 0 Å². The lowest BCUT2D eigenvalue weighted by atomic mass is 9.96. The summed E-state index contributed by atoms with van der Waals surface area (Å²) in [4.78, 5) is 30.9. The number of para-hydroxylation sites is 1. The summed E-state index contributed by atoms with van der Waals surface area (Å²) < 4.78 is 5.31. The quantitative estimate of drug-likeness (QED) is 0.891. The lowest BCUT2D eigenvalue weighted by Crippen LogP contribution is -2.44. The molecule has 1 aromatic heterocycles. The molecule has 1 fully saturated rings. The predicted octanol–water partition coefficient (Wildman–Crippen LogP) is 2.57. The van der Waals surface area contributed by atoms with Gasteiger partial charge in [-0.15, -0.1) is 11.3 Å². The molecule has 3 rings (SSSR count). The van der Waals surface area contributed by atoms with Gasteiger partial charge in [0.1, 0.15) is 5.75 Å². The Labute approximate surface area is 150 Å². The molecular weight excluding hydrogens is 338 g/mol. The second-order valence-electron chi connectivity index (χ2n) is 5.99. The molecule has 2 amide bonds. The number of benzene rings is 1. The normalized spacial score (nSPS) is 17.2. The molecule has 0 spiro atoms. The van der Waals surface area contributed by atoms with E-state index in [9.17, 15) is 9.59 Å². The Kier molecular flexibility index (Phi) is 5.65. The molecule has 0 saturated carbocycles. The first-order valence-electron chi connectivity index (χ1n) is 8.27. The van der Waals surface area contributed by atoms with Crippen molar-refractivity contribution in [2.24, 2.45) is 5.92 Å². The van der Waals surface area contributed by atoms with Gasteiger partial charge in [0.15, 0.2) is 5.13 Å². The molecule has 132 valence electrons. The highest BCUT2D eigenvalue weighted by Crippen LogP contribution is 2.22. The number of hydrogen-bond acceptors (Lipinski definition) is 5. The Morgan fingerprint density at radius 3 is 3.00 bits per heavy atom. The molecule has 1 aliphatic heterocycles. The van der Waals surface area contributed by atoms with Crippen molar-refractivity contribution in [2.75, 3.05) is 25.5 Å². The fraction of sp³-hybridized carbons (Fsp3) is 0.389. The van der Waals surface area contributed by atoms with Crippen LogP contribution >= 0.6 is 11.3 Å². The number of amides is 2. The van der Waals surface area contributed by atoms with Crippen LogP contribution in [-0.2, 0) is 16.0 Å². The van der Waals surface area contributed by atoms with Crippen LogP contribution in [0.2, 0.25) is 0 Å². The second kappa shape index (κ2) is 8.11. The molecule has 0 radical (unpaired) electrons. The summed E-state index contributed by atoms with van der Waals surface area (Å²) in [5.41, 5.74) is 0.865. The lowest BCUT2D eigenvalue weighted by molar-refractivity contribution is -0.133. The Hall–Kier alpha value is -2.41. The third kappa shape index (κ3) is 4.36. The fourth-order valence-corrected chi connectivity index (χ4v) is 3.57. The molecule has 0 bridgehead atoms. The summed E-state index contributed by atoms with van der Waals surface area (Å²) >= 11 is 1.39. The van der Waals surface area contributed by atoms with Gasteiger partial charge in [0.25, 0.3) is 0 Å². The van der Waals surface area contributed by atoms with Gasteiger partial charge in [-0.1, -0.05) is 18.2 Å². The number of methoxy groups -OCH3 is 1. The van der Waals surface area contributed by atoms with Crippen LogP contribution in [-0.4, -0.2) is 41.9 Å². The highest BCUT2D eigenvalue weighted by Gasteiger charge is 2.29. The van der Waals surface area contributed by atoms with Gasteiger partial charge in [-0.25, -0.2) is 4.98 Å².